The van der Waals surface area contributed by atoms with E-state index in [2.05, 4.69) is 0 Å². The van der Waals surface area contributed by atoms with Gasteiger partial charge in [0.2, 0.25) is 0 Å². The first-order valence-electron chi connectivity index (χ1n) is 3.30. The molecule has 0 aliphatic heterocycles. The van der Waals surface area contributed by atoms with Crippen LogP contribution in [0.4, 0.5) is 5.69 Å². The largest absolute Gasteiger partial charge is 0.312 e. The third-order valence-corrected chi connectivity index (χ3v) is 1.53. The summed E-state index contributed by atoms with van der Waals surface area (Å²) in [5.74, 6) is 0. The van der Waals surface area contributed by atoms with Crippen LogP contribution in [0.3, 0.4) is 0 Å². The fourth-order valence-electron chi connectivity index (χ4n) is 0.980. The molecule has 0 atom stereocenters. The molecule has 0 unspecified atom stereocenters. The lowest BCUT2D eigenvalue weighted by molar-refractivity contribution is -0.826. The molecule has 0 aliphatic rings. The molecule has 0 amide bonds. The molecule has 0 radical (unpaired) electrons. The van der Waals surface area contributed by atoms with Crippen LogP contribution in [0.25, 0.3) is 0 Å². The maximum Gasteiger partial charge on any atom is 0.253 e. The molecule has 3 N–H and O–H groups in total. The Morgan fingerprint density at radius 3 is 2.73 bits per heavy atom. The van der Waals surface area contributed by atoms with E-state index in [0.717, 1.165) is 5.48 Å². The minimum atomic E-state index is -0.0319. The Bertz CT molecular complexity index is 290. The van der Waals surface area contributed by atoms with E-state index in [1.165, 1.54) is 4.57 Å². The average molecular weight is 155 g/mol. The number of nitrogens with two attached hydrogens (primary N) is 1. The second-order valence-electron chi connectivity index (χ2n) is 2.50. The van der Waals surface area contributed by atoms with Crippen LogP contribution in [-0.4, -0.2) is 9.77 Å². The van der Waals surface area contributed by atoms with Crippen molar-refractivity contribution >= 4 is 5.69 Å². The molecule has 4 heteroatoms. The highest BCUT2D eigenvalue weighted by Crippen LogP contribution is 1.96. The van der Waals surface area contributed by atoms with Gasteiger partial charge in [0, 0.05) is 18.7 Å². The lowest BCUT2D eigenvalue weighted by atomic mass is 10.3. The molecule has 0 fully saturated rings. The number of hydrogen-bond acceptors (Lipinski definition) is 2. The Morgan fingerprint density at radius 1 is 1.64 bits per heavy atom. The Morgan fingerprint density at radius 2 is 2.27 bits per heavy atom. The maximum atomic E-state index is 11.1. The first-order chi connectivity index (χ1) is 5.15. The summed E-state index contributed by atoms with van der Waals surface area (Å²) in [4.78, 5) is 11.1. The van der Waals surface area contributed by atoms with Gasteiger partial charge in [0.05, 0.1) is 6.20 Å². The van der Waals surface area contributed by atoms with Crippen molar-refractivity contribution < 1.29 is 10.7 Å². The van der Waals surface area contributed by atoms with Crippen LogP contribution in [0.5, 0.6) is 0 Å². The van der Waals surface area contributed by atoms with Crippen LogP contribution < -0.4 is 11.0 Å². The number of quaternary nitrogens is 1. The van der Waals surface area contributed by atoms with Crippen molar-refractivity contribution in [1.82, 2.24) is 4.57 Å². The average Bonchev–Trinajstić information content (AvgIpc) is 1.99. The van der Waals surface area contributed by atoms with Gasteiger partial charge >= 0.3 is 0 Å². The predicted octanol–water partition coefficient (Wildman–Crippen LogP) is -0.722. The van der Waals surface area contributed by atoms with E-state index in [1.54, 1.807) is 26.2 Å². The highest BCUT2D eigenvalue weighted by atomic mass is 16.5. The summed E-state index contributed by atoms with van der Waals surface area (Å²) in [5.41, 5.74) is 2.22. The standard InChI is InChI=1S/C7H10N2O2/c1-5-3-6(8-11)4-9(2)7(5)10/h3-4,8,11H,1-2H3/p+1. The molecular weight excluding hydrogens is 144 g/mol. The minimum absolute atomic E-state index is 0.0319. The van der Waals surface area contributed by atoms with E-state index < -0.39 is 0 Å². The van der Waals surface area contributed by atoms with Crippen molar-refractivity contribution in [1.29, 1.82) is 0 Å². The monoisotopic (exact) mass is 155 g/mol. The molecule has 0 saturated carbocycles. The lowest BCUT2D eigenvalue weighted by Gasteiger charge is -1.99. The first kappa shape index (κ1) is 7.97. The Labute approximate surface area is 64.1 Å². The smallest absolute Gasteiger partial charge is 0.253 e. The molecule has 11 heavy (non-hydrogen) atoms. The molecule has 4 nitrogen and oxygen atoms in total. The first-order valence-corrected chi connectivity index (χ1v) is 3.30. The number of hydrogen-bond donors (Lipinski definition) is 2. The van der Waals surface area contributed by atoms with Crippen molar-refractivity contribution in [3.8, 4) is 0 Å². The second kappa shape index (κ2) is 2.86. The summed E-state index contributed by atoms with van der Waals surface area (Å²) in [7, 11) is 1.66. The summed E-state index contributed by atoms with van der Waals surface area (Å²) in [6.45, 7) is 1.72. The zero-order valence-electron chi connectivity index (χ0n) is 6.53. The summed E-state index contributed by atoms with van der Waals surface area (Å²) in [6.07, 6.45) is 1.58. The predicted molar refractivity (Wildman–Crippen MR) is 39.8 cm³/mol. The van der Waals surface area contributed by atoms with Gasteiger partial charge in [0.1, 0.15) is 0 Å². The molecule has 1 heterocycles. The molecule has 0 saturated heterocycles. The van der Waals surface area contributed by atoms with Crippen molar-refractivity contribution in [3.05, 3.63) is 28.2 Å². The second-order valence-corrected chi connectivity index (χ2v) is 2.50. The topological polar surface area (TPSA) is 58.8 Å². The highest BCUT2D eigenvalue weighted by Gasteiger charge is 2.01. The SMILES string of the molecule is Cc1cc([NH2+]O)cn(C)c1=O. The summed E-state index contributed by atoms with van der Waals surface area (Å²) < 4.78 is 1.44. The van der Waals surface area contributed by atoms with Crippen LogP contribution >= 0.6 is 0 Å². The number of aryl methyl sites for hydroxylation is 2. The van der Waals surface area contributed by atoms with Crippen LogP contribution in [0.1, 0.15) is 5.56 Å². The van der Waals surface area contributed by atoms with E-state index in [4.69, 9.17) is 5.21 Å². The normalized spacial score (nSPS) is 10.1. The van der Waals surface area contributed by atoms with Gasteiger partial charge in [0.25, 0.3) is 5.56 Å². The van der Waals surface area contributed by atoms with Gasteiger partial charge in [-0.3, -0.25) is 4.79 Å². The van der Waals surface area contributed by atoms with E-state index >= 15 is 0 Å². The van der Waals surface area contributed by atoms with Crippen molar-refractivity contribution in [2.24, 2.45) is 7.05 Å². The van der Waals surface area contributed by atoms with E-state index in [-0.39, 0.29) is 5.56 Å². The van der Waals surface area contributed by atoms with Gasteiger partial charge in [-0.15, -0.1) is 0 Å². The van der Waals surface area contributed by atoms with Gasteiger partial charge in [-0.2, -0.15) is 5.48 Å². The number of nitrogens with zero attached hydrogens (tertiary/aromatic N) is 1. The molecule has 1 rings (SSSR count). The summed E-state index contributed by atoms with van der Waals surface area (Å²) in [5, 5.41) is 8.64. The fraction of sp³-hybridized carbons (Fsp3) is 0.286. The Kier molecular flexibility index (Phi) is 2.07. The van der Waals surface area contributed by atoms with Gasteiger partial charge < -0.3 is 4.57 Å². The van der Waals surface area contributed by atoms with Crippen molar-refractivity contribution in [2.45, 2.75) is 6.92 Å². The molecule has 0 aliphatic carbocycles. The molecule has 1 aromatic heterocycles. The van der Waals surface area contributed by atoms with Crippen LogP contribution in [-0.2, 0) is 7.05 Å². The van der Waals surface area contributed by atoms with E-state index in [0.29, 0.717) is 11.3 Å². The maximum absolute atomic E-state index is 11.1. The van der Waals surface area contributed by atoms with Crippen LogP contribution in [0.2, 0.25) is 0 Å². The number of aromatic nitrogens is 1. The highest BCUT2D eigenvalue weighted by molar-refractivity contribution is 5.28. The molecule has 1 aromatic rings. The lowest BCUT2D eigenvalue weighted by Crippen LogP contribution is -2.74. The minimum Gasteiger partial charge on any atom is -0.312 e. The summed E-state index contributed by atoms with van der Waals surface area (Å²) >= 11 is 0. The number of pyridine rings is 1. The molecule has 60 valence electrons. The molecule has 0 aromatic carbocycles. The van der Waals surface area contributed by atoms with Crippen molar-refractivity contribution in [3.63, 3.8) is 0 Å². The van der Waals surface area contributed by atoms with Gasteiger partial charge in [-0.25, -0.2) is 5.21 Å². The zero-order chi connectivity index (χ0) is 8.43. The Balaban J connectivity index is 3.32. The molecule has 0 bridgehead atoms. The zero-order valence-corrected chi connectivity index (χ0v) is 6.53. The third-order valence-electron chi connectivity index (χ3n) is 1.53. The summed E-state index contributed by atoms with van der Waals surface area (Å²) in [6, 6.07) is 1.64. The fourth-order valence-corrected chi connectivity index (χ4v) is 0.980. The molecule has 0 spiro atoms. The molecular formula is C7H11N2O2+. The quantitative estimate of drug-likeness (QED) is 0.526. The third kappa shape index (κ3) is 1.47. The van der Waals surface area contributed by atoms with E-state index in [9.17, 15) is 4.79 Å². The number of rotatable bonds is 1. The van der Waals surface area contributed by atoms with E-state index in [1.807, 2.05) is 0 Å². The van der Waals surface area contributed by atoms with Crippen LogP contribution in [0.15, 0.2) is 17.1 Å². The van der Waals surface area contributed by atoms with Gasteiger partial charge in [0.15, 0.2) is 5.69 Å². The van der Waals surface area contributed by atoms with Crippen molar-refractivity contribution in [2.75, 3.05) is 0 Å². The van der Waals surface area contributed by atoms with Gasteiger partial charge in [-0.1, -0.05) is 0 Å². The van der Waals surface area contributed by atoms with Gasteiger partial charge in [-0.05, 0) is 6.92 Å². The Hall–Kier alpha value is -1.13. The van der Waals surface area contributed by atoms with Crippen LogP contribution in [0, 0.1) is 6.92 Å².